The minimum atomic E-state index is 0.155. The van der Waals surface area contributed by atoms with E-state index in [4.69, 9.17) is 9.47 Å². The van der Waals surface area contributed by atoms with Crippen molar-refractivity contribution in [1.29, 1.82) is 0 Å². The first-order valence-electron chi connectivity index (χ1n) is 8.18. The Balaban J connectivity index is 1.44. The van der Waals surface area contributed by atoms with Crippen LogP contribution in [-0.2, 0) is 0 Å². The number of hydrogen-bond donors (Lipinski definition) is 0. The Bertz CT molecular complexity index is 444. The number of rotatable bonds is 5. The third kappa shape index (κ3) is 3.89. The van der Waals surface area contributed by atoms with E-state index in [-0.39, 0.29) is 6.10 Å². The highest BCUT2D eigenvalue weighted by Crippen LogP contribution is 2.31. The molecule has 2 heterocycles. The van der Waals surface area contributed by atoms with Gasteiger partial charge in [0.1, 0.15) is 12.7 Å². The summed E-state index contributed by atoms with van der Waals surface area (Å²) < 4.78 is 11.8. The Morgan fingerprint density at radius 1 is 1.05 bits per heavy atom. The van der Waals surface area contributed by atoms with Crippen LogP contribution in [0.1, 0.15) is 19.8 Å². The van der Waals surface area contributed by atoms with Crippen LogP contribution in [0.3, 0.4) is 0 Å². The van der Waals surface area contributed by atoms with E-state index in [2.05, 4.69) is 16.7 Å². The molecular formula is C17H26N2O2. The van der Waals surface area contributed by atoms with Crippen molar-refractivity contribution >= 4 is 0 Å². The topological polar surface area (TPSA) is 24.9 Å². The molecule has 21 heavy (non-hydrogen) atoms. The van der Waals surface area contributed by atoms with Crippen molar-refractivity contribution in [2.45, 2.75) is 25.9 Å². The van der Waals surface area contributed by atoms with Gasteiger partial charge >= 0.3 is 0 Å². The fourth-order valence-electron chi connectivity index (χ4n) is 3.02. The minimum absolute atomic E-state index is 0.155. The lowest BCUT2D eigenvalue weighted by atomic mass is 10.2. The van der Waals surface area contributed by atoms with E-state index in [9.17, 15) is 0 Å². The standard InChI is InChI=1S/C17H26N2O2/c1-2-3-8-18-9-11-19(12-10-18)13-15-14-20-16-6-4-5-7-17(16)21-15/h4-7,15H,2-3,8-14H2,1H3. The SMILES string of the molecule is CCCCN1CCN(CC2COc3ccccc3O2)CC1. The van der Waals surface area contributed by atoms with E-state index in [1.165, 1.54) is 32.5 Å². The van der Waals surface area contributed by atoms with Gasteiger partial charge in [0, 0.05) is 32.7 Å². The molecular weight excluding hydrogens is 264 g/mol. The zero-order valence-corrected chi connectivity index (χ0v) is 13.0. The molecule has 0 bridgehead atoms. The molecule has 1 aromatic rings. The van der Waals surface area contributed by atoms with Crippen LogP contribution in [0.5, 0.6) is 11.5 Å². The molecule has 1 atom stereocenters. The van der Waals surface area contributed by atoms with Crippen LogP contribution < -0.4 is 9.47 Å². The van der Waals surface area contributed by atoms with Crippen molar-refractivity contribution in [3.05, 3.63) is 24.3 Å². The van der Waals surface area contributed by atoms with E-state index in [1.807, 2.05) is 24.3 Å². The maximum Gasteiger partial charge on any atom is 0.161 e. The number of piperazine rings is 1. The smallest absolute Gasteiger partial charge is 0.161 e. The second-order valence-electron chi connectivity index (χ2n) is 5.99. The number of hydrogen-bond acceptors (Lipinski definition) is 4. The van der Waals surface area contributed by atoms with Gasteiger partial charge in [-0.3, -0.25) is 4.90 Å². The van der Waals surface area contributed by atoms with Crippen molar-refractivity contribution in [1.82, 2.24) is 9.80 Å². The quantitative estimate of drug-likeness (QED) is 0.830. The fraction of sp³-hybridized carbons (Fsp3) is 0.647. The molecule has 1 aromatic carbocycles. The van der Waals surface area contributed by atoms with Crippen LogP contribution in [0.4, 0.5) is 0 Å². The van der Waals surface area contributed by atoms with E-state index >= 15 is 0 Å². The van der Waals surface area contributed by atoms with Crippen LogP contribution >= 0.6 is 0 Å². The molecule has 0 amide bonds. The summed E-state index contributed by atoms with van der Waals surface area (Å²) >= 11 is 0. The Kier molecular flexibility index (Phi) is 4.99. The monoisotopic (exact) mass is 290 g/mol. The molecule has 2 aliphatic heterocycles. The van der Waals surface area contributed by atoms with Crippen LogP contribution in [0.25, 0.3) is 0 Å². The van der Waals surface area contributed by atoms with Gasteiger partial charge in [0.05, 0.1) is 0 Å². The molecule has 1 saturated heterocycles. The lowest BCUT2D eigenvalue weighted by Gasteiger charge is -2.37. The van der Waals surface area contributed by atoms with Crippen molar-refractivity contribution in [3.8, 4) is 11.5 Å². The molecule has 4 nitrogen and oxygen atoms in total. The van der Waals surface area contributed by atoms with E-state index in [1.54, 1.807) is 0 Å². The highest BCUT2D eigenvalue weighted by Gasteiger charge is 2.25. The predicted octanol–water partition coefficient (Wildman–Crippen LogP) is 2.24. The first kappa shape index (κ1) is 14.7. The zero-order valence-electron chi connectivity index (χ0n) is 13.0. The maximum absolute atomic E-state index is 6.05. The summed E-state index contributed by atoms with van der Waals surface area (Å²) in [7, 11) is 0. The number of nitrogens with zero attached hydrogens (tertiary/aromatic N) is 2. The van der Waals surface area contributed by atoms with Gasteiger partial charge in [0.25, 0.3) is 0 Å². The summed E-state index contributed by atoms with van der Waals surface area (Å²) in [6.45, 7) is 9.79. The number of unbranched alkanes of at least 4 members (excludes halogenated alkanes) is 1. The van der Waals surface area contributed by atoms with Crippen molar-refractivity contribution < 1.29 is 9.47 Å². The van der Waals surface area contributed by atoms with E-state index in [0.717, 1.165) is 31.1 Å². The summed E-state index contributed by atoms with van der Waals surface area (Å²) in [5.41, 5.74) is 0. The van der Waals surface area contributed by atoms with E-state index < -0.39 is 0 Å². The zero-order chi connectivity index (χ0) is 14.5. The van der Waals surface area contributed by atoms with E-state index in [0.29, 0.717) is 6.61 Å². The van der Waals surface area contributed by atoms with Crippen molar-refractivity contribution in [2.24, 2.45) is 0 Å². The lowest BCUT2D eigenvalue weighted by Crippen LogP contribution is -2.50. The highest BCUT2D eigenvalue weighted by molar-refractivity contribution is 5.40. The van der Waals surface area contributed by atoms with Crippen LogP contribution in [-0.4, -0.2) is 61.8 Å². The molecule has 0 aromatic heterocycles. The molecule has 116 valence electrons. The van der Waals surface area contributed by atoms with Gasteiger partial charge in [-0.15, -0.1) is 0 Å². The molecule has 0 radical (unpaired) electrons. The molecule has 0 saturated carbocycles. The Morgan fingerprint density at radius 2 is 1.76 bits per heavy atom. The van der Waals surface area contributed by atoms with Gasteiger partial charge in [0.15, 0.2) is 11.5 Å². The Labute approximate surface area is 127 Å². The van der Waals surface area contributed by atoms with Gasteiger partial charge in [-0.25, -0.2) is 0 Å². The van der Waals surface area contributed by atoms with Crippen molar-refractivity contribution in [2.75, 3.05) is 45.9 Å². The van der Waals surface area contributed by atoms with Gasteiger partial charge in [-0.2, -0.15) is 0 Å². The summed E-state index contributed by atoms with van der Waals surface area (Å²) in [4.78, 5) is 5.08. The average Bonchev–Trinajstić information content (AvgIpc) is 2.54. The summed E-state index contributed by atoms with van der Waals surface area (Å²) in [6, 6.07) is 7.94. The predicted molar refractivity (Wildman–Crippen MR) is 84.1 cm³/mol. The molecule has 1 unspecified atom stereocenters. The Hall–Kier alpha value is -1.26. The minimum Gasteiger partial charge on any atom is -0.486 e. The third-order valence-electron chi connectivity index (χ3n) is 4.32. The summed E-state index contributed by atoms with van der Waals surface area (Å²) in [5, 5.41) is 0. The molecule has 3 rings (SSSR count). The molecule has 0 aliphatic carbocycles. The lowest BCUT2D eigenvalue weighted by molar-refractivity contribution is 0.0402. The van der Waals surface area contributed by atoms with Gasteiger partial charge < -0.3 is 14.4 Å². The van der Waals surface area contributed by atoms with Gasteiger partial charge in [0.2, 0.25) is 0 Å². The van der Waals surface area contributed by atoms with Crippen LogP contribution in [0, 0.1) is 0 Å². The molecule has 0 N–H and O–H groups in total. The second-order valence-corrected chi connectivity index (χ2v) is 5.99. The normalized spacial score (nSPS) is 23.2. The highest BCUT2D eigenvalue weighted by atomic mass is 16.6. The van der Waals surface area contributed by atoms with Crippen LogP contribution in [0.2, 0.25) is 0 Å². The third-order valence-corrected chi connectivity index (χ3v) is 4.32. The number of fused-ring (bicyclic) bond motifs is 1. The number of para-hydroxylation sites is 2. The average molecular weight is 290 g/mol. The molecule has 4 heteroatoms. The van der Waals surface area contributed by atoms with Gasteiger partial charge in [-0.1, -0.05) is 25.5 Å². The molecule has 0 spiro atoms. The van der Waals surface area contributed by atoms with Crippen LogP contribution in [0.15, 0.2) is 24.3 Å². The van der Waals surface area contributed by atoms with Gasteiger partial charge in [-0.05, 0) is 25.1 Å². The Morgan fingerprint density at radius 3 is 2.52 bits per heavy atom. The summed E-state index contributed by atoms with van der Waals surface area (Å²) in [6.07, 6.45) is 2.76. The first-order chi connectivity index (χ1) is 10.3. The number of ether oxygens (including phenoxy) is 2. The second kappa shape index (κ2) is 7.14. The molecule has 1 fully saturated rings. The first-order valence-corrected chi connectivity index (χ1v) is 8.18. The maximum atomic E-state index is 6.05. The molecule has 2 aliphatic rings. The number of benzene rings is 1. The fourth-order valence-corrected chi connectivity index (χ4v) is 3.02. The summed E-state index contributed by atoms with van der Waals surface area (Å²) in [5.74, 6) is 1.76. The largest absolute Gasteiger partial charge is 0.486 e. The van der Waals surface area contributed by atoms with Crippen molar-refractivity contribution in [3.63, 3.8) is 0 Å².